The smallest absolute Gasteiger partial charge is 0.350 e. The number of aromatic nitrogens is 1. The summed E-state index contributed by atoms with van der Waals surface area (Å²) in [6.07, 6.45) is -0.382. The van der Waals surface area contributed by atoms with Gasteiger partial charge < -0.3 is 9.47 Å². The van der Waals surface area contributed by atoms with Gasteiger partial charge in [0.2, 0.25) is 0 Å². The Morgan fingerprint density at radius 1 is 1.38 bits per heavy atom. The van der Waals surface area contributed by atoms with Crippen LogP contribution >= 0.6 is 0 Å². The quantitative estimate of drug-likeness (QED) is 0.805. The molecule has 0 aliphatic carbocycles. The molecule has 3 nitrogen and oxygen atoms in total. The number of amides is 1. The van der Waals surface area contributed by atoms with E-state index in [1.807, 2.05) is 29.8 Å². The van der Waals surface area contributed by atoms with Gasteiger partial charge in [0.1, 0.15) is 0 Å². The number of aryl methyl sites for hydroxylation is 1. The molecule has 1 atom stereocenters. The number of carbonyl (C=O) groups is 1. The molecular formula is C18H19F3N2O. The highest BCUT2D eigenvalue weighted by Crippen LogP contribution is 2.34. The molecule has 2 heterocycles. The van der Waals surface area contributed by atoms with Gasteiger partial charge in [-0.15, -0.1) is 0 Å². The van der Waals surface area contributed by atoms with Crippen LogP contribution in [0, 0.1) is 5.92 Å². The van der Waals surface area contributed by atoms with E-state index in [2.05, 4.69) is 6.58 Å². The van der Waals surface area contributed by atoms with E-state index in [9.17, 15) is 18.0 Å². The van der Waals surface area contributed by atoms with Crippen molar-refractivity contribution >= 4 is 22.9 Å². The maximum absolute atomic E-state index is 13.0. The Morgan fingerprint density at radius 3 is 2.79 bits per heavy atom. The van der Waals surface area contributed by atoms with Crippen LogP contribution in [0.1, 0.15) is 28.8 Å². The van der Waals surface area contributed by atoms with Gasteiger partial charge in [0, 0.05) is 37.2 Å². The molecule has 0 radical (unpaired) electrons. The molecule has 1 aromatic carbocycles. The van der Waals surface area contributed by atoms with Crippen molar-refractivity contribution in [1.82, 2.24) is 9.47 Å². The third-order valence-electron chi connectivity index (χ3n) is 4.65. The van der Waals surface area contributed by atoms with Crippen molar-refractivity contribution in [3.63, 3.8) is 0 Å². The first-order valence-corrected chi connectivity index (χ1v) is 7.88. The first-order chi connectivity index (χ1) is 11.3. The van der Waals surface area contributed by atoms with E-state index in [-0.39, 0.29) is 18.9 Å². The minimum absolute atomic E-state index is 0.0888. The Morgan fingerprint density at radius 2 is 2.12 bits per heavy atom. The van der Waals surface area contributed by atoms with Crippen LogP contribution < -0.4 is 0 Å². The highest BCUT2D eigenvalue weighted by atomic mass is 19.4. The van der Waals surface area contributed by atoms with E-state index in [4.69, 9.17) is 0 Å². The third kappa shape index (κ3) is 2.92. The molecule has 1 amide bonds. The van der Waals surface area contributed by atoms with Gasteiger partial charge in [-0.05, 0) is 24.5 Å². The van der Waals surface area contributed by atoms with E-state index < -0.39 is 12.1 Å². The second kappa shape index (κ2) is 6.00. The molecule has 1 unspecified atom stereocenters. The van der Waals surface area contributed by atoms with Crippen molar-refractivity contribution in [2.75, 3.05) is 13.1 Å². The van der Waals surface area contributed by atoms with Crippen LogP contribution in [0.4, 0.5) is 13.2 Å². The number of carbonyl (C=O) groups excluding carboxylic acids is 1. The summed E-state index contributed by atoms with van der Waals surface area (Å²) in [6, 6.07) is 5.58. The zero-order valence-electron chi connectivity index (χ0n) is 13.4. The zero-order chi connectivity index (χ0) is 17.5. The lowest BCUT2D eigenvalue weighted by atomic mass is 9.97. The molecule has 0 N–H and O–H groups in total. The lowest BCUT2D eigenvalue weighted by Gasteiger charge is -2.33. The normalized spacial score (nSPS) is 18.8. The minimum atomic E-state index is -4.25. The monoisotopic (exact) mass is 336 g/mol. The molecule has 1 fully saturated rings. The van der Waals surface area contributed by atoms with Crippen LogP contribution in [-0.2, 0) is 7.05 Å². The largest absolute Gasteiger partial charge is 0.393 e. The number of piperidine rings is 1. The highest BCUT2D eigenvalue weighted by Gasteiger charge is 2.43. The lowest BCUT2D eigenvalue weighted by molar-refractivity contribution is -0.184. The molecule has 3 rings (SSSR count). The summed E-state index contributed by atoms with van der Waals surface area (Å²) in [6.45, 7) is 3.83. The summed E-state index contributed by atoms with van der Waals surface area (Å²) >= 11 is 0. The minimum Gasteiger partial charge on any atom is -0.350 e. The van der Waals surface area contributed by atoms with E-state index in [1.165, 1.54) is 4.90 Å². The second-order valence-corrected chi connectivity index (χ2v) is 6.27. The lowest BCUT2D eigenvalue weighted by Crippen LogP contribution is -2.44. The summed E-state index contributed by atoms with van der Waals surface area (Å²) in [5.74, 6) is -1.77. The Bertz CT molecular complexity index is 791. The summed E-state index contributed by atoms with van der Waals surface area (Å²) in [5.41, 5.74) is 2.24. The molecule has 128 valence electrons. The summed E-state index contributed by atoms with van der Waals surface area (Å²) in [5, 5.41) is 0.752. The van der Waals surface area contributed by atoms with Gasteiger partial charge >= 0.3 is 6.18 Å². The van der Waals surface area contributed by atoms with Crippen molar-refractivity contribution < 1.29 is 18.0 Å². The fourth-order valence-electron chi connectivity index (χ4n) is 3.30. The number of likely N-dealkylation sites (tertiary alicyclic amines) is 1. The van der Waals surface area contributed by atoms with Crippen molar-refractivity contribution in [2.45, 2.75) is 19.0 Å². The van der Waals surface area contributed by atoms with E-state index >= 15 is 0 Å². The number of benzene rings is 1. The Kier molecular flexibility index (Phi) is 4.15. The maximum Gasteiger partial charge on any atom is 0.393 e. The van der Waals surface area contributed by atoms with Crippen LogP contribution in [0.2, 0.25) is 0 Å². The third-order valence-corrected chi connectivity index (χ3v) is 4.65. The van der Waals surface area contributed by atoms with Crippen LogP contribution in [0.25, 0.3) is 17.0 Å². The highest BCUT2D eigenvalue weighted by molar-refractivity contribution is 6.07. The topological polar surface area (TPSA) is 25.2 Å². The predicted octanol–water partition coefficient (Wildman–Crippen LogP) is 4.24. The predicted molar refractivity (Wildman–Crippen MR) is 87.7 cm³/mol. The summed E-state index contributed by atoms with van der Waals surface area (Å²) < 4.78 is 40.7. The van der Waals surface area contributed by atoms with Gasteiger partial charge in [0.05, 0.1) is 11.5 Å². The zero-order valence-corrected chi connectivity index (χ0v) is 13.4. The molecule has 0 spiro atoms. The van der Waals surface area contributed by atoms with Gasteiger partial charge in [-0.3, -0.25) is 4.79 Å². The van der Waals surface area contributed by atoms with E-state index in [0.29, 0.717) is 18.5 Å². The van der Waals surface area contributed by atoms with Gasteiger partial charge in [0.25, 0.3) is 5.91 Å². The van der Waals surface area contributed by atoms with Crippen molar-refractivity contribution in [1.29, 1.82) is 0 Å². The molecule has 0 bridgehead atoms. The second-order valence-electron chi connectivity index (χ2n) is 6.27. The number of nitrogens with zero attached hydrogens (tertiary/aromatic N) is 2. The number of fused-ring (bicyclic) bond motifs is 1. The van der Waals surface area contributed by atoms with Crippen molar-refractivity contribution in [2.24, 2.45) is 13.0 Å². The Balaban J connectivity index is 1.93. The van der Waals surface area contributed by atoms with Gasteiger partial charge in [-0.2, -0.15) is 13.2 Å². The molecule has 2 aromatic rings. The van der Waals surface area contributed by atoms with Crippen molar-refractivity contribution in [3.8, 4) is 0 Å². The van der Waals surface area contributed by atoms with Gasteiger partial charge in [0.15, 0.2) is 0 Å². The average Bonchev–Trinajstić information content (AvgIpc) is 2.90. The number of alkyl halides is 3. The fraction of sp³-hybridized carbons (Fsp3) is 0.389. The molecule has 6 heteroatoms. The van der Waals surface area contributed by atoms with Crippen LogP contribution in [0.3, 0.4) is 0 Å². The molecule has 1 aliphatic heterocycles. The molecule has 1 aliphatic rings. The first kappa shape index (κ1) is 16.6. The molecule has 0 saturated carbocycles. The van der Waals surface area contributed by atoms with Crippen LogP contribution in [-0.4, -0.2) is 34.6 Å². The van der Waals surface area contributed by atoms with Crippen LogP contribution in [0.15, 0.2) is 31.0 Å². The molecular weight excluding hydrogens is 317 g/mol. The van der Waals surface area contributed by atoms with Crippen LogP contribution in [0.5, 0.6) is 0 Å². The Labute approximate surface area is 138 Å². The molecule has 1 saturated heterocycles. The summed E-state index contributed by atoms with van der Waals surface area (Å²) in [4.78, 5) is 14.1. The summed E-state index contributed by atoms with van der Waals surface area (Å²) in [7, 11) is 1.82. The maximum atomic E-state index is 13.0. The molecule has 24 heavy (non-hydrogen) atoms. The number of hydrogen-bond donors (Lipinski definition) is 0. The van der Waals surface area contributed by atoms with E-state index in [1.54, 1.807) is 12.3 Å². The number of halogens is 3. The number of rotatable bonds is 2. The Hall–Kier alpha value is -2.24. The SMILES string of the molecule is C=Cc1ccc2c(C(=O)N3CCCC(C(F)(F)F)C3)cn(C)c2c1. The number of hydrogen-bond acceptors (Lipinski definition) is 1. The fourth-order valence-corrected chi connectivity index (χ4v) is 3.30. The van der Waals surface area contributed by atoms with Gasteiger partial charge in [-0.25, -0.2) is 0 Å². The molecule has 1 aromatic heterocycles. The van der Waals surface area contributed by atoms with Gasteiger partial charge in [-0.1, -0.05) is 24.8 Å². The average molecular weight is 336 g/mol. The van der Waals surface area contributed by atoms with E-state index in [0.717, 1.165) is 16.5 Å². The standard InChI is InChI=1S/C18H19F3N2O/c1-3-12-6-7-14-15(11-22(2)16(14)9-12)17(24)23-8-4-5-13(10-23)18(19,20)21/h3,6-7,9,11,13H,1,4-5,8,10H2,2H3. The first-order valence-electron chi connectivity index (χ1n) is 7.88. The van der Waals surface area contributed by atoms with Crippen molar-refractivity contribution in [3.05, 3.63) is 42.1 Å².